The van der Waals surface area contributed by atoms with Crippen LogP contribution < -0.4 is 0 Å². The van der Waals surface area contributed by atoms with E-state index < -0.39 is 10.0 Å². The molecule has 0 unspecified atom stereocenters. The van der Waals surface area contributed by atoms with Crippen LogP contribution in [0.1, 0.15) is 18.4 Å². The molecule has 1 saturated heterocycles. The Hall–Kier alpha value is -2.35. The fraction of sp³-hybridized carbons (Fsp3) is 0.318. The lowest BCUT2D eigenvalue weighted by Gasteiger charge is -2.34. The van der Waals surface area contributed by atoms with Gasteiger partial charge in [0.25, 0.3) is 0 Å². The highest BCUT2D eigenvalue weighted by molar-refractivity contribution is 7.89. The van der Waals surface area contributed by atoms with Crippen molar-refractivity contribution in [3.63, 3.8) is 0 Å². The second-order valence-electron chi connectivity index (χ2n) is 7.43. The molecule has 0 bridgehead atoms. The number of para-hydroxylation sites is 1. The molecule has 0 saturated carbocycles. The van der Waals surface area contributed by atoms with Crippen LogP contribution in [-0.4, -0.2) is 54.7 Å². The number of piperazine rings is 1. The second-order valence-corrected chi connectivity index (χ2v) is 9.74. The predicted octanol–water partition coefficient (Wildman–Crippen LogP) is 3.68. The first kappa shape index (κ1) is 20.9. The van der Waals surface area contributed by atoms with E-state index in [4.69, 9.17) is 11.6 Å². The predicted molar refractivity (Wildman–Crippen MR) is 118 cm³/mol. The van der Waals surface area contributed by atoms with Gasteiger partial charge in [0, 0.05) is 49.7 Å². The Bertz CT molecular complexity index is 1150. The molecule has 0 spiro atoms. The average molecular weight is 446 g/mol. The van der Waals surface area contributed by atoms with Crippen LogP contribution in [0.15, 0.2) is 59.6 Å². The van der Waals surface area contributed by atoms with Gasteiger partial charge in [0.2, 0.25) is 15.9 Å². The number of rotatable bonds is 6. The number of amides is 1. The van der Waals surface area contributed by atoms with Gasteiger partial charge >= 0.3 is 0 Å². The quantitative estimate of drug-likeness (QED) is 0.629. The van der Waals surface area contributed by atoms with Gasteiger partial charge in [0.15, 0.2) is 0 Å². The van der Waals surface area contributed by atoms with Crippen LogP contribution in [0.5, 0.6) is 0 Å². The maximum Gasteiger partial charge on any atom is 0.244 e. The minimum absolute atomic E-state index is 0.0737. The number of halogens is 1. The first-order valence-electron chi connectivity index (χ1n) is 10.0. The molecule has 30 heavy (non-hydrogen) atoms. The Kier molecular flexibility index (Phi) is 6.13. The summed E-state index contributed by atoms with van der Waals surface area (Å²) in [6.07, 6.45) is 4.06. The molecule has 8 heteroatoms. The van der Waals surface area contributed by atoms with E-state index in [2.05, 4.69) is 11.1 Å². The number of aromatic amines is 1. The van der Waals surface area contributed by atoms with Crippen molar-refractivity contribution in [1.29, 1.82) is 0 Å². The minimum Gasteiger partial charge on any atom is -0.361 e. The van der Waals surface area contributed by atoms with Crippen LogP contribution in [0.4, 0.5) is 0 Å². The zero-order valence-corrected chi connectivity index (χ0v) is 18.1. The topological polar surface area (TPSA) is 73.5 Å². The lowest BCUT2D eigenvalue weighted by atomic mass is 10.1. The summed E-state index contributed by atoms with van der Waals surface area (Å²) < 4.78 is 27.1. The van der Waals surface area contributed by atoms with E-state index in [0.29, 0.717) is 19.5 Å². The van der Waals surface area contributed by atoms with E-state index in [1.807, 2.05) is 24.4 Å². The molecule has 0 atom stereocenters. The standard InChI is InChI=1S/C22H24ClN3O3S/c23-19-8-2-4-10-21(19)30(28,29)26-14-12-25(13-15-26)22(27)11-5-6-17-16-24-20-9-3-1-7-18(17)20/h1-4,7-10,16,24H,5-6,11-15H2. The van der Waals surface area contributed by atoms with Gasteiger partial charge in [-0.1, -0.05) is 41.9 Å². The molecule has 1 aliphatic rings. The Morgan fingerprint density at radius 2 is 1.70 bits per heavy atom. The van der Waals surface area contributed by atoms with Gasteiger partial charge in [-0.2, -0.15) is 4.31 Å². The number of aromatic nitrogens is 1. The van der Waals surface area contributed by atoms with Crippen LogP contribution in [0.2, 0.25) is 5.02 Å². The van der Waals surface area contributed by atoms with Gasteiger partial charge in [-0.05, 0) is 36.6 Å². The molecule has 2 aromatic carbocycles. The number of hydrogen-bond acceptors (Lipinski definition) is 3. The highest BCUT2D eigenvalue weighted by Gasteiger charge is 2.31. The van der Waals surface area contributed by atoms with Crippen molar-refractivity contribution in [2.75, 3.05) is 26.2 Å². The summed E-state index contributed by atoms with van der Waals surface area (Å²) in [6, 6.07) is 14.6. The zero-order valence-electron chi connectivity index (χ0n) is 16.6. The highest BCUT2D eigenvalue weighted by atomic mass is 35.5. The number of fused-ring (bicyclic) bond motifs is 1. The number of sulfonamides is 1. The summed E-state index contributed by atoms with van der Waals surface area (Å²) in [5.41, 5.74) is 2.32. The van der Waals surface area contributed by atoms with E-state index in [0.717, 1.165) is 18.4 Å². The van der Waals surface area contributed by atoms with Crippen molar-refractivity contribution in [3.05, 3.63) is 65.3 Å². The molecule has 0 radical (unpaired) electrons. The van der Waals surface area contributed by atoms with Crippen molar-refractivity contribution < 1.29 is 13.2 Å². The smallest absolute Gasteiger partial charge is 0.244 e. The van der Waals surface area contributed by atoms with Gasteiger partial charge in [-0.25, -0.2) is 8.42 Å². The maximum atomic E-state index is 12.8. The molecular weight excluding hydrogens is 422 g/mol. The van der Waals surface area contributed by atoms with E-state index in [-0.39, 0.29) is 28.9 Å². The van der Waals surface area contributed by atoms with Gasteiger partial charge in [0.05, 0.1) is 5.02 Å². The molecule has 1 N–H and O–H groups in total. The molecule has 1 fully saturated rings. The summed E-state index contributed by atoms with van der Waals surface area (Å²) in [7, 11) is -3.65. The molecule has 158 valence electrons. The van der Waals surface area contributed by atoms with Crippen molar-refractivity contribution in [2.45, 2.75) is 24.2 Å². The molecular formula is C22H24ClN3O3S. The number of carbonyl (C=O) groups is 1. The monoisotopic (exact) mass is 445 g/mol. The van der Waals surface area contributed by atoms with Crippen LogP contribution >= 0.6 is 11.6 Å². The number of H-pyrrole nitrogens is 1. The van der Waals surface area contributed by atoms with Crippen LogP contribution in [-0.2, 0) is 21.2 Å². The van der Waals surface area contributed by atoms with E-state index >= 15 is 0 Å². The number of nitrogens with one attached hydrogen (secondary N) is 1. The van der Waals surface area contributed by atoms with Gasteiger partial charge in [-0.3, -0.25) is 4.79 Å². The SMILES string of the molecule is O=C(CCCc1c[nH]c2ccccc12)N1CCN(S(=O)(=O)c2ccccc2Cl)CC1. The van der Waals surface area contributed by atoms with Gasteiger partial charge in [-0.15, -0.1) is 0 Å². The second kappa shape index (κ2) is 8.79. The summed E-state index contributed by atoms with van der Waals surface area (Å²) in [6.45, 7) is 1.36. The maximum absolute atomic E-state index is 12.8. The van der Waals surface area contributed by atoms with Crippen LogP contribution in [0, 0.1) is 0 Å². The summed E-state index contributed by atoms with van der Waals surface area (Å²) >= 11 is 6.07. The molecule has 1 aromatic heterocycles. The molecule has 2 heterocycles. The largest absolute Gasteiger partial charge is 0.361 e. The Balaban J connectivity index is 1.30. The fourth-order valence-corrected chi connectivity index (χ4v) is 5.81. The lowest BCUT2D eigenvalue weighted by Crippen LogP contribution is -2.50. The third kappa shape index (κ3) is 4.24. The number of nitrogens with zero attached hydrogens (tertiary/aromatic N) is 2. The third-order valence-corrected chi connectivity index (χ3v) is 7.96. The Labute approximate surface area is 181 Å². The molecule has 3 aromatic rings. The minimum atomic E-state index is -3.65. The van der Waals surface area contributed by atoms with E-state index in [1.165, 1.54) is 21.3 Å². The Morgan fingerprint density at radius 1 is 1.00 bits per heavy atom. The number of benzene rings is 2. The van der Waals surface area contributed by atoms with Gasteiger partial charge < -0.3 is 9.88 Å². The molecule has 4 rings (SSSR count). The van der Waals surface area contributed by atoms with Crippen molar-refractivity contribution in [3.8, 4) is 0 Å². The summed E-state index contributed by atoms with van der Waals surface area (Å²) in [4.78, 5) is 17.7. The normalized spacial score (nSPS) is 15.6. The summed E-state index contributed by atoms with van der Waals surface area (Å²) in [5, 5.41) is 1.41. The zero-order chi connectivity index (χ0) is 21.1. The van der Waals surface area contributed by atoms with Gasteiger partial charge in [0.1, 0.15) is 4.90 Å². The number of aryl methyl sites for hydroxylation is 1. The fourth-order valence-electron chi connectivity index (χ4n) is 3.90. The van der Waals surface area contributed by atoms with Crippen molar-refractivity contribution in [2.24, 2.45) is 0 Å². The van der Waals surface area contributed by atoms with E-state index in [1.54, 1.807) is 23.1 Å². The molecule has 0 aliphatic carbocycles. The first-order valence-corrected chi connectivity index (χ1v) is 11.9. The third-order valence-electron chi connectivity index (χ3n) is 5.56. The van der Waals surface area contributed by atoms with E-state index in [9.17, 15) is 13.2 Å². The first-order chi connectivity index (χ1) is 14.5. The number of hydrogen-bond donors (Lipinski definition) is 1. The van der Waals surface area contributed by atoms with Crippen molar-refractivity contribution >= 4 is 38.4 Å². The lowest BCUT2D eigenvalue weighted by molar-refractivity contribution is -0.132. The molecule has 1 aliphatic heterocycles. The Morgan fingerprint density at radius 3 is 2.47 bits per heavy atom. The van der Waals surface area contributed by atoms with Crippen LogP contribution in [0.25, 0.3) is 10.9 Å². The van der Waals surface area contributed by atoms with Crippen molar-refractivity contribution in [1.82, 2.24) is 14.2 Å². The molecule has 6 nitrogen and oxygen atoms in total. The number of carbonyl (C=O) groups excluding carboxylic acids is 1. The van der Waals surface area contributed by atoms with Crippen LogP contribution in [0.3, 0.4) is 0 Å². The summed E-state index contributed by atoms with van der Waals surface area (Å²) in [5.74, 6) is 0.0737. The highest BCUT2D eigenvalue weighted by Crippen LogP contribution is 2.25. The average Bonchev–Trinajstić information content (AvgIpc) is 3.17. The molecule has 1 amide bonds.